The van der Waals surface area contributed by atoms with E-state index in [-0.39, 0.29) is 6.04 Å². The number of nitrogens with one attached hydrogen (secondary N) is 2. The largest absolute Gasteiger partial charge is 0.341 e. The fourth-order valence-corrected chi connectivity index (χ4v) is 3.47. The second-order valence-corrected chi connectivity index (χ2v) is 7.86. The van der Waals surface area contributed by atoms with Gasteiger partial charge in [-0.05, 0) is 56.7 Å². The van der Waals surface area contributed by atoms with E-state index in [2.05, 4.69) is 36.3 Å². The minimum atomic E-state index is -0.809. The highest BCUT2D eigenvalue weighted by Gasteiger charge is 2.16. The first-order valence-corrected chi connectivity index (χ1v) is 10.3. The van der Waals surface area contributed by atoms with Crippen molar-refractivity contribution in [3.8, 4) is 5.69 Å². The van der Waals surface area contributed by atoms with Crippen molar-refractivity contribution in [2.45, 2.75) is 26.8 Å². The second kappa shape index (κ2) is 9.54. The zero-order valence-electron chi connectivity index (χ0n) is 17.0. The molecule has 3 aromatic rings. The molecule has 0 saturated carbocycles. The van der Waals surface area contributed by atoms with Crippen molar-refractivity contribution in [2.24, 2.45) is 5.10 Å². The summed E-state index contributed by atoms with van der Waals surface area (Å²) >= 11 is 3.44. The van der Waals surface area contributed by atoms with Crippen molar-refractivity contribution < 1.29 is 9.59 Å². The third kappa shape index (κ3) is 5.04. The lowest BCUT2D eigenvalue weighted by Gasteiger charge is -2.13. The minimum absolute atomic E-state index is 0.279. The van der Waals surface area contributed by atoms with Crippen LogP contribution in [0.15, 0.2) is 70.2 Å². The molecule has 3 rings (SSSR count). The SMILES string of the molecule is Cc1cc(/C=N\NC(=O)C(=O)N[C@H](C)c2ccccc2)c(C)n1-c1ccc(Br)cc1. The maximum absolute atomic E-state index is 12.1. The van der Waals surface area contributed by atoms with Crippen LogP contribution in [0.2, 0.25) is 0 Å². The van der Waals surface area contributed by atoms with Crippen molar-refractivity contribution in [1.29, 1.82) is 0 Å². The Bertz CT molecular complexity index is 1070. The predicted molar refractivity (Wildman–Crippen MR) is 122 cm³/mol. The molecular formula is C23H23BrN4O2. The van der Waals surface area contributed by atoms with Gasteiger partial charge in [0.1, 0.15) is 0 Å². The lowest BCUT2D eigenvalue weighted by Crippen LogP contribution is -2.39. The number of nitrogens with zero attached hydrogens (tertiary/aromatic N) is 2. The zero-order valence-corrected chi connectivity index (χ0v) is 18.6. The maximum atomic E-state index is 12.1. The van der Waals surface area contributed by atoms with Crippen molar-refractivity contribution in [1.82, 2.24) is 15.3 Å². The van der Waals surface area contributed by atoms with E-state index in [1.807, 2.05) is 81.4 Å². The van der Waals surface area contributed by atoms with Gasteiger partial charge >= 0.3 is 11.8 Å². The molecule has 0 aliphatic carbocycles. The molecule has 0 unspecified atom stereocenters. The van der Waals surface area contributed by atoms with Crippen LogP contribution in [0.25, 0.3) is 5.69 Å². The molecule has 6 nitrogen and oxygen atoms in total. The van der Waals surface area contributed by atoms with Gasteiger partial charge in [0.25, 0.3) is 0 Å². The standard InChI is InChI=1S/C23H23BrN4O2/c1-15-13-19(17(3)28(15)21-11-9-20(24)10-12-21)14-25-27-23(30)22(29)26-16(2)18-7-5-4-6-8-18/h4-14,16H,1-3H3,(H,26,29)(H,27,30)/b25-14-/t16-/m1/s1. The Morgan fingerprint density at radius 2 is 1.70 bits per heavy atom. The van der Waals surface area contributed by atoms with Crippen LogP contribution in [0.1, 0.15) is 35.5 Å². The summed E-state index contributed by atoms with van der Waals surface area (Å²) < 4.78 is 3.11. The van der Waals surface area contributed by atoms with Crippen LogP contribution in [0.3, 0.4) is 0 Å². The number of hydrogen-bond donors (Lipinski definition) is 2. The third-order valence-electron chi connectivity index (χ3n) is 4.78. The highest BCUT2D eigenvalue weighted by Crippen LogP contribution is 2.21. The van der Waals surface area contributed by atoms with Crippen molar-refractivity contribution in [2.75, 3.05) is 0 Å². The molecule has 0 fully saturated rings. The molecule has 1 aromatic heterocycles. The molecule has 2 N–H and O–H groups in total. The molecule has 154 valence electrons. The van der Waals surface area contributed by atoms with Gasteiger partial charge < -0.3 is 9.88 Å². The quantitative estimate of drug-likeness (QED) is 0.336. The van der Waals surface area contributed by atoms with Crippen LogP contribution in [-0.4, -0.2) is 22.6 Å². The van der Waals surface area contributed by atoms with Crippen LogP contribution in [0.5, 0.6) is 0 Å². The molecule has 2 aromatic carbocycles. The molecule has 0 saturated heterocycles. The number of hydrogen-bond acceptors (Lipinski definition) is 3. The number of carbonyl (C=O) groups is 2. The molecule has 0 radical (unpaired) electrons. The maximum Gasteiger partial charge on any atom is 0.329 e. The summed E-state index contributed by atoms with van der Waals surface area (Å²) in [7, 11) is 0. The zero-order chi connectivity index (χ0) is 21.7. The summed E-state index contributed by atoms with van der Waals surface area (Å²) in [6.07, 6.45) is 1.55. The highest BCUT2D eigenvalue weighted by molar-refractivity contribution is 9.10. The van der Waals surface area contributed by atoms with E-state index in [0.29, 0.717) is 0 Å². The fourth-order valence-electron chi connectivity index (χ4n) is 3.20. The number of aromatic nitrogens is 1. The van der Waals surface area contributed by atoms with E-state index in [0.717, 1.165) is 32.7 Å². The van der Waals surface area contributed by atoms with Gasteiger partial charge in [0, 0.05) is 27.1 Å². The predicted octanol–water partition coefficient (Wildman–Crippen LogP) is 4.18. The topological polar surface area (TPSA) is 75.5 Å². The third-order valence-corrected chi connectivity index (χ3v) is 5.31. The van der Waals surface area contributed by atoms with E-state index in [4.69, 9.17) is 0 Å². The van der Waals surface area contributed by atoms with Gasteiger partial charge in [-0.25, -0.2) is 5.43 Å². The van der Waals surface area contributed by atoms with Gasteiger partial charge in [-0.1, -0.05) is 46.3 Å². The van der Waals surface area contributed by atoms with E-state index >= 15 is 0 Å². The Balaban J connectivity index is 1.63. The summed E-state index contributed by atoms with van der Waals surface area (Å²) in [6.45, 7) is 5.80. The number of carbonyl (C=O) groups excluding carboxylic acids is 2. The molecule has 0 aliphatic rings. The van der Waals surface area contributed by atoms with Crippen LogP contribution >= 0.6 is 15.9 Å². The van der Waals surface area contributed by atoms with E-state index < -0.39 is 11.8 Å². The Hall–Kier alpha value is -3.19. The Morgan fingerprint density at radius 1 is 1.03 bits per heavy atom. The number of benzene rings is 2. The highest BCUT2D eigenvalue weighted by atomic mass is 79.9. The van der Waals surface area contributed by atoms with E-state index in [1.165, 1.54) is 0 Å². The first-order chi connectivity index (χ1) is 14.4. The average molecular weight is 467 g/mol. The molecule has 0 spiro atoms. The fraction of sp³-hybridized carbons (Fsp3) is 0.174. The Kier molecular flexibility index (Phi) is 6.84. The molecule has 7 heteroatoms. The van der Waals surface area contributed by atoms with E-state index in [1.54, 1.807) is 6.21 Å². The smallest absolute Gasteiger partial charge is 0.329 e. The number of aryl methyl sites for hydroxylation is 1. The van der Waals surface area contributed by atoms with Gasteiger partial charge in [-0.2, -0.15) is 5.10 Å². The second-order valence-electron chi connectivity index (χ2n) is 6.94. The molecule has 1 heterocycles. The monoisotopic (exact) mass is 466 g/mol. The van der Waals surface area contributed by atoms with Gasteiger partial charge in [-0.3, -0.25) is 9.59 Å². The van der Waals surface area contributed by atoms with Crippen molar-refractivity contribution >= 4 is 34.0 Å². The number of hydrazone groups is 1. The summed E-state index contributed by atoms with van der Waals surface area (Å²) in [5, 5.41) is 6.62. The molecule has 1 atom stereocenters. The van der Waals surface area contributed by atoms with Crippen LogP contribution in [0, 0.1) is 13.8 Å². The molecule has 2 amide bonds. The average Bonchev–Trinajstić information content (AvgIpc) is 3.02. The Labute approximate surface area is 184 Å². The van der Waals surface area contributed by atoms with Crippen molar-refractivity contribution in [3.05, 3.63) is 87.7 Å². The summed E-state index contributed by atoms with van der Waals surface area (Å²) in [5.41, 5.74) is 7.12. The summed E-state index contributed by atoms with van der Waals surface area (Å²) in [5.74, 6) is -1.54. The van der Waals surface area contributed by atoms with Crippen molar-refractivity contribution in [3.63, 3.8) is 0 Å². The number of halogens is 1. The van der Waals surface area contributed by atoms with Gasteiger partial charge in [0.15, 0.2) is 0 Å². The van der Waals surface area contributed by atoms with Gasteiger partial charge in [0.05, 0.1) is 12.3 Å². The normalized spacial score (nSPS) is 12.0. The summed E-state index contributed by atoms with van der Waals surface area (Å²) in [4.78, 5) is 24.2. The molecule has 0 bridgehead atoms. The van der Waals surface area contributed by atoms with Gasteiger partial charge in [-0.15, -0.1) is 0 Å². The minimum Gasteiger partial charge on any atom is -0.341 e. The molecule has 0 aliphatic heterocycles. The Morgan fingerprint density at radius 3 is 2.37 bits per heavy atom. The first kappa shape index (κ1) is 21.5. The van der Waals surface area contributed by atoms with E-state index in [9.17, 15) is 9.59 Å². The lowest BCUT2D eigenvalue weighted by molar-refractivity contribution is -0.139. The van der Waals surface area contributed by atoms with Crippen LogP contribution < -0.4 is 10.7 Å². The van der Waals surface area contributed by atoms with Gasteiger partial charge in [0.2, 0.25) is 0 Å². The van der Waals surface area contributed by atoms with Crippen LogP contribution in [-0.2, 0) is 9.59 Å². The molecule has 30 heavy (non-hydrogen) atoms. The first-order valence-electron chi connectivity index (χ1n) is 9.50. The number of rotatable bonds is 5. The molecular weight excluding hydrogens is 444 g/mol. The summed E-state index contributed by atoms with van der Waals surface area (Å²) in [6, 6.07) is 19.1. The lowest BCUT2D eigenvalue weighted by atomic mass is 10.1. The van der Waals surface area contributed by atoms with Crippen LogP contribution in [0.4, 0.5) is 0 Å². The number of amides is 2.